The molecule has 0 aliphatic heterocycles. The number of hydrogen-bond donors (Lipinski definition) is 8. The molecule has 49 heavy (non-hydrogen) atoms. The van der Waals surface area contributed by atoms with Crippen LogP contribution in [0.4, 0.5) is 34.1 Å². The second kappa shape index (κ2) is 12.3. The van der Waals surface area contributed by atoms with Gasteiger partial charge in [-0.3, -0.25) is 22.8 Å². The maximum absolute atomic E-state index is 12.3. The van der Waals surface area contributed by atoms with Crippen molar-refractivity contribution in [2.45, 2.75) is 24.5 Å². The summed E-state index contributed by atoms with van der Waals surface area (Å²) in [5.74, 6) is -1.32. The van der Waals surface area contributed by atoms with Crippen molar-refractivity contribution in [2.75, 3.05) is 11.5 Å². The number of nitrogens with two attached hydrogens (primary N) is 2. The standard InChI is InChI=1S/C22H18N6O16S5/c23-10-1-4-14(46(33,34)35)13(7-10)26-27-20-16(48(39,40)41)5-9-6-17(49(42,43)44)21(22(29)18(9)19(20)24)28-25-12-3-2-11(45(30,31)32)8-15(12)47(36,37)38/h1-8,29H,23-24H2,(H,30,31,32)(H,33,34,35)(H,36,37,38)(H,39,40,41)(H,42,43,44). The molecule has 0 spiro atoms. The molecule has 0 heterocycles. The lowest BCUT2D eigenvalue weighted by molar-refractivity contribution is 0.471. The van der Waals surface area contributed by atoms with E-state index in [1.54, 1.807) is 0 Å². The minimum absolute atomic E-state index is 0.113. The summed E-state index contributed by atoms with van der Waals surface area (Å²) in [5.41, 5.74) is 6.84. The molecule has 4 rings (SSSR count). The lowest BCUT2D eigenvalue weighted by atomic mass is 10.1. The number of phenolic OH excluding ortho intramolecular Hbond substituents is 1. The van der Waals surface area contributed by atoms with Gasteiger partial charge in [-0.1, -0.05) is 0 Å². The third-order valence-electron chi connectivity index (χ3n) is 6.15. The molecule has 0 aliphatic rings. The Morgan fingerprint density at radius 2 is 0.980 bits per heavy atom. The first-order valence-corrected chi connectivity index (χ1v) is 19.3. The number of nitrogen functional groups attached to an aromatic ring is 2. The van der Waals surface area contributed by atoms with E-state index in [-0.39, 0.29) is 11.8 Å². The van der Waals surface area contributed by atoms with Gasteiger partial charge in [0.2, 0.25) is 0 Å². The Morgan fingerprint density at radius 1 is 0.490 bits per heavy atom. The van der Waals surface area contributed by atoms with E-state index >= 15 is 0 Å². The Hall–Kier alpha value is -4.71. The van der Waals surface area contributed by atoms with Crippen LogP contribution in [0.1, 0.15) is 0 Å². The lowest BCUT2D eigenvalue weighted by Crippen LogP contribution is -2.04. The van der Waals surface area contributed by atoms with Crippen LogP contribution in [0.2, 0.25) is 0 Å². The van der Waals surface area contributed by atoms with E-state index in [9.17, 15) is 70.0 Å². The summed E-state index contributed by atoms with van der Waals surface area (Å²) in [6.07, 6.45) is 0. The fourth-order valence-electron chi connectivity index (χ4n) is 4.09. The highest BCUT2D eigenvalue weighted by Crippen LogP contribution is 2.48. The first-order chi connectivity index (χ1) is 22.2. The fourth-order valence-corrected chi connectivity index (χ4v) is 7.25. The number of nitrogens with zero attached hydrogens (tertiary/aromatic N) is 4. The number of benzene rings is 4. The lowest BCUT2D eigenvalue weighted by Gasteiger charge is -2.14. The van der Waals surface area contributed by atoms with E-state index in [0.717, 1.165) is 18.2 Å². The Kier molecular flexibility index (Phi) is 9.33. The van der Waals surface area contributed by atoms with Gasteiger partial charge in [-0.15, -0.1) is 20.5 Å². The third kappa shape index (κ3) is 7.80. The molecule has 0 unspecified atom stereocenters. The van der Waals surface area contributed by atoms with Crippen LogP contribution >= 0.6 is 0 Å². The summed E-state index contributed by atoms with van der Waals surface area (Å²) < 4.78 is 167. The number of aromatic hydroxyl groups is 1. The van der Waals surface area contributed by atoms with Crippen LogP contribution in [0.3, 0.4) is 0 Å². The Balaban J connectivity index is 2.08. The van der Waals surface area contributed by atoms with Gasteiger partial charge in [-0.25, -0.2) is 0 Å². The van der Waals surface area contributed by atoms with E-state index in [2.05, 4.69) is 20.5 Å². The molecule has 27 heteroatoms. The number of azo groups is 2. The minimum Gasteiger partial charge on any atom is -0.505 e. The van der Waals surface area contributed by atoms with Crippen LogP contribution < -0.4 is 11.5 Å². The number of fused-ring (bicyclic) bond motifs is 1. The fraction of sp³-hybridized carbons (Fsp3) is 0. The molecule has 262 valence electrons. The molecular formula is C22H18N6O16S5. The number of rotatable bonds is 9. The van der Waals surface area contributed by atoms with Crippen molar-refractivity contribution in [1.29, 1.82) is 0 Å². The molecule has 0 fully saturated rings. The summed E-state index contributed by atoms with van der Waals surface area (Å²) in [6.45, 7) is 0. The molecule has 0 radical (unpaired) electrons. The molecule has 0 aliphatic carbocycles. The largest absolute Gasteiger partial charge is 0.505 e. The maximum Gasteiger partial charge on any atom is 0.296 e. The topological polar surface area (TPSA) is 394 Å². The molecule has 10 N–H and O–H groups in total. The van der Waals surface area contributed by atoms with Crippen LogP contribution in [0.5, 0.6) is 5.75 Å². The molecule has 0 amide bonds. The van der Waals surface area contributed by atoms with Gasteiger partial charge in [0, 0.05) is 5.69 Å². The van der Waals surface area contributed by atoms with Crippen LogP contribution in [0.25, 0.3) is 10.8 Å². The van der Waals surface area contributed by atoms with Crippen molar-refractivity contribution in [3.63, 3.8) is 0 Å². The van der Waals surface area contributed by atoms with Crippen molar-refractivity contribution in [3.05, 3.63) is 48.5 Å². The van der Waals surface area contributed by atoms with E-state index in [4.69, 9.17) is 11.5 Å². The van der Waals surface area contributed by atoms with Crippen molar-refractivity contribution in [2.24, 2.45) is 20.5 Å². The summed E-state index contributed by atoms with van der Waals surface area (Å²) >= 11 is 0. The molecule has 4 aromatic carbocycles. The van der Waals surface area contributed by atoms with Crippen molar-refractivity contribution >= 4 is 95.5 Å². The summed E-state index contributed by atoms with van der Waals surface area (Å²) in [5, 5.41) is 23.6. The van der Waals surface area contributed by atoms with Gasteiger partial charge in [0.15, 0.2) is 5.75 Å². The second-order valence-electron chi connectivity index (χ2n) is 9.44. The first-order valence-electron chi connectivity index (χ1n) is 12.1. The molecule has 22 nitrogen and oxygen atoms in total. The quantitative estimate of drug-likeness (QED) is 0.0687. The van der Waals surface area contributed by atoms with Crippen LogP contribution in [-0.4, -0.2) is 70.0 Å². The van der Waals surface area contributed by atoms with Crippen molar-refractivity contribution in [3.8, 4) is 5.75 Å². The summed E-state index contributed by atoms with van der Waals surface area (Å²) in [4.78, 5) is -5.71. The van der Waals surface area contributed by atoms with Crippen LogP contribution in [-0.2, 0) is 50.6 Å². The average Bonchev–Trinajstić information content (AvgIpc) is 2.93. The molecule has 0 saturated heterocycles. The second-order valence-corrected chi connectivity index (χ2v) is 16.4. The summed E-state index contributed by atoms with van der Waals surface area (Å²) in [7, 11) is -26.1. The Bertz CT molecular complexity index is 2710. The predicted octanol–water partition coefficient (Wildman–Crippen LogP) is 2.77. The smallest absolute Gasteiger partial charge is 0.296 e. The zero-order chi connectivity index (χ0) is 37.1. The van der Waals surface area contributed by atoms with Gasteiger partial charge in [-0.05, 0) is 53.9 Å². The van der Waals surface area contributed by atoms with E-state index in [1.807, 2.05) is 0 Å². The SMILES string of the molecule is Nc1ccc(S(=O)(=O)O)c(N=Nc2c(S(=O)(=O)O)cc3cc(S(=O)(=O)O)c(N=Nc4ccc(S(=O)(=O)O)cc4S(=O)(=O)O)c(O)c3c2N)c1. The van der Waals surface area contributed by atoms with Crippen LogP contribution in [0, 0.1) is 0 Å². The number of anilines is 2. The summed E-state index contributed by atoms with van der Waals surface area (Å²) in [6, 6.07) is 5.17. The Morgan fingerprint density at radius 3 is 1.49 bits per heavy atom. The van der Waals surface area contributed by atoms with Gasteiger partial charge in [0.1, 0.15) is 42.3 Å². The highest BCUT2D eigenvalue weighted by Gasteiger charge is 2.29. The van der Waals surface area contributed by atoms with Crippen LogP contribution in [0.15, 0.2) is 93.5 Å². The average molecular weight is 783 g/mol. The highest BCUT2D eigenvalue weighted by atomic mass is 32.2. The predicted molar refractivity (Wildman–Crippen MR) is 165 cm³/mol. The molecule has 0 aromatic heterocycles. The Labute approximate surface area is 275 Å². The molecule has 4 aromatic rings. The van der Waals surface area contributed by atoms with Gasteiger partial charge >= 0.3 is 0 Å². The molecule has 0 bridgehead atoms. The molecule has 0 atom stereocenters. The van der Waals surface area contributed by atoms with Gasteiger partial charge in [0.25, 0.3) is 50.6 Å². The van der Waals surface area contributed by atoms with Gasteiger partial charge in [0.05, 0.1) is 16.0 Å². The van der Waals surface area contributed by atoms with Crippen molar-refractivity contribution in [1.82, 2.24) is 0 Å². The third-order valence-corrected chi connectivity index (χ3v) is 10.5. The normalized spacial score (nSPS) is 13.5. The molecule has 0 saturated carbocycles. The number of phenols is 1. The van der Waals surface area contributed by atoms with E-state index < -0.39 is 120 Å². The minimum atomic E-state index is -5.44. The monoisotopic (exact) mass is 782 g/mol. The number of hydrogen-bond acceptors (Lipinski definition) is 17. The van der Waals surface area contributed by atoms with Gasteiger partial charge < -0.3 is 16.6 Å². The molecular weight excluding hydrogens is 765 g/mol. The zero-order valence-corrected chi connectivity index (χ0v) is 27.5. The first kappa shape index (κ1) is 37.1. The zero-order valence-electron chi connectivity index (χ0n) is 23.4. The van der Waals surface area contributed by atoms with Crippen molar-refractivity contribution < 1.29 is 70.0 Å². The van der Waals surface area contributed by atoms with E-state index in [1.165, 1.54) is 0 Å². The highest BCUT2D eigenvalue weighted by molar-refractivity contribution is 7.87. The van der Waals surface area contributed by atoms with E-state index in [0.29, 0.717) is 24.3 Å². The van der Waals surface area contributed by atoms with Gasteiger partial charge in [-0.2, -0.15) is 42.1 Å². The maximum atomic E-state index is 12.3.